The van der Waals surface area contributed by atoms with Gasteiger partial charge in [-0.3, -0.25) is 0 Å². The summed E-state index contributed by atoms with van der Waals surface area (Å²) in [6.45, 7) is 2.14. The molecule has 2 unspecified atom stereocenters. The molecule has 4 nitrogen and oxygen atoms in total. The average Bonchev–Trinajstić information content (AvgIpc) is 2.39. The quantitative estimate of drug-likeness (QED) is 0.784. The van der Waals surface area contributed by atoms with E-state index in [1.807, 2.05) is 31.2 Å². The first-order chi connectivity index (χ1) is 9.19. The lowest BCUT2D eigenvalue weighted by molar-refractivity contribution is 0.156. The van der Waals surface area contributed by atoms with Gasteiger partial charge in [0.15, 0.2) is 0 Å². The topological polar surface area (TPSA) is 61.4 Å². The van der Waals surface area contributed by atoms with Gasteiger partial charge < -0.3 is 15.7 Å². The Kier molecular flexibility index (Phi) is 4.80. The summed E-state index contributed by atoms with van der Waals surface area (Å²) in [5.74, 6) is 0.192. The highest BCUT2D eigenvalue weighted by molar-refractivity contribution is 5.89. The van der Waals surface area contributed by atoms with Gasteiger partial charge in [-0.05, 0) is 37.5 Å². The molecular weight excluding hydrogens is 240 g/mol. The lowest BCUT2D eigenvalue weighted by Crippen LogP contribution is -2.45. The van der Waals surface area contributed by atoms with Crippen LogP contribution in [-0.2, 0) is 0 Å². The minimum absolute atomic E-state index is 0.0866. The third-order valence-corrected chi connectivity index (χ3v) is 3.74. The van der Waals surface area contributed by atoms with Crippen molar-refractivity contribution < 1.29 is 9.90 Å². The van der Waals surface area contributed by atoms with Gasteiger partial charge in [-0.2, -0.15) is 0 Å². The molecule has 1 aliphatic carbocycles. The third-order valence-electron chi connectivity index (χ3n) is 3.74. The summed E-state index contributed by atoms with van der Waals surface area (Å²) >= 11 is 0. The van der Waals surface area contributed by atoms with E-state index in [1.54, 1.807) is 0 Å². The molecule has 0 spiro atoms. The van der Waals surface area contributed by atoms with Crippen molar-refractivity contribution in [3.05, 3.63) is 29.8 Å². The van der Waals surface area contributed by atoms with E-state index in [2.05, 4.69) is 10.6 Å². The van der Waals surface area contributed by atoms with Crippen LogP contribution in [0.15, 0.2) is 24.3 Å². The fourth-order valence-electron chi connectivity index (χ4n) is 2.67. The fourth-order valence-corrected chi connectivity index (χ4v) is 2.67. The van der Waals surface area contributed by atoms with Gasteiger partial charge in [0.1, 0.15) is 0 Å². The summed E-state index contributed by atoms with van der Waals surface area (Å²) < 4.78 is 0. The van der Waals surface area contributed by atoms with Crippen LogP contribution < -0.4 is 10.6 Å². The zero-order valence-corrected chi connectivity index (χ0v) is 11.4. The van der Waals surface area contributed by atoms with Crippen molar-refractivity contribution in [3.63, 3.8) is 0 Å². The molecule has 1 aromatic carbocycles. The molecule has 0 aromatic heterocycles. The first kappa shape index (κ1) is 13.9. The zero-order chi connectivity index (χ0) is 13.7. The van der Waals surface area contributed by atoms with Crippen molar-refractivity contribution in [2.45, 2.75) is 38.6 Å². The predicted molar refractivity (Wildman–Crippen MR) is 76.2 cm³/mol. The standard InChI is InChI=1S/C15H22N2O2/c1-11-5-4-7-13(9-11)16-15(19)17-14-8-3-2-6-12(14)10-18/h4-5,7,9,12,14,18H,2-3,6,8,10H2,1H3,(H2,16,17,19). The van der Waals surface area contributed by atoms with Gasteiger partial charge in [0.2, 0.25) is 0 Å². The molecule has 2 rings (SSSR count). The van der Waals surface area contributed by atoms with Gasteiger partial charge >= 0.3 is 6.03 Å². The molecule has 0 saturated heterocycles. The van der Waals surface area contributed by atoms with Crippen LogP contribution in [0.1, 0.15) is 31.2 Å². The first-order valence-electron chi connectivity index (χ1n) is 6.94. The molecule has 3 N–H and O–H groups in total. The molecule has 1 saturated carbocycles. The van der Waals surface area contributed by atoms with Crippen LogP contribution >= 0.6 is 0 Å². The van der Waals surface area contributed by atoms with Crippen molar-refractivity contribution in [2.75, 3.05) is 11.9 Å². The summed E-state index contributed by atoms with van der Waals surface area (Å²) in [6, 6.07) is 7.62. The second-order valence-electron chi connectivity index (χ2n) is 5.30. The Morgan fingerprint density at radius 3 is 2.89 bits per heavy atom. The molecule has 1 aliphatic rings. The smallest absolute Gasteiger partial charge is 0.319 e. The van der Waals surface area contributed by atoms with Gasteiger partial charge in [0.05, 0.1) is 0 Å². The molecule has 2 amide bonds. The molecule has 2 atom stereocenters. The average molecular weight is 262 g/mol. The van der Waals surface area contributed by atoms with Gasteiger partial charge in [-0.15, -0.1) is 0 Å². The van der Waals surface area contributed by atoms with E-state index in [0.29, 0.717) is 0 Å². The molecule has 0 aliphatic heterocycles. The molecule has 4 heteroatoms. The van der Waals surface area contributed by atoms with Gasteiger partial charge in [-0.25, -0.2) is 4.79 Å². The second-order valence-corrected chi connectivity index (χ2v) is 5.30. The van der Waals surface area contributed by atoms with Crippen LogP contribution in [0.2, 0.25) is 0 Å². The van der Waals surface area contributed by atoms with Crippen LogP contribution in [0, 0.1) is 12.8 Å². The molecule has 0 heterocycles. The van der Waals surface area contributed by atoms with Crippen molar-refractivity contribution in [1.82, 2.24) is 5.32 Å². The van der Waals surface area contributed by atoms with E-state index in [0.717, 1.165) is 36.9 Å². The Bertz CT molecular complexity index is 434. The number of aryl methyl sites for hydroxylation is 1. The highest BCUT2D eigenvalue weighted by Crippen LogP contribution is 2.24. The molecule has 0 radical (unpaired) electrons. The Hall–Kier alpha value is -1.55. The van der Waals surface area contributed by atoms with E-state index in [-0.39, 0.29) is 24.6 Å². The minimum Gasteiger partial charge on any atom is -0.396 e. The largest absolute Gasteiger partial charge is 0.396 e. The van der Waals surface area contributed by atoms with E-state index in [1.165, 1.54) is 0 Å². The maximum atomic E-state index is 11.9. The van der Waals surface area contributed by atoms with Gasteiger partial charge in [0, 0.05) is 24.3 Å². The number of hydrogen-bond acceptors (Lipinski definition) is 2. The maximum Gasteiger partial charge on any atom is 0.319 e. The summed E-state index contributed by atoms with van der Waals surface area (Å²) in [4.78, 5) is 11.9. The molecule has 1 aromatic rings. The third kappa shape index (κ3) is 3.96. The number of anilines is 1. The number of urea groups is 1. The number of aliphatic hydroxyl groups excluding tert-OH is 1. The van der Waals surface area contributed by atoms with Crippen molar-refractivity contribution in [3.8, 4) is 0 Å². The number of benzene rings is 1. The molecule has 19 heavy (non-hydrogen) atoms. The summed E-state index contributed by atoms with van der Waals surface area (Å²) in [6.07, 6.45) is 4.20. The van der Waals surface area contributed by atoms with Crippen molar-refractivity contribution in [2.24, 2.45) is 5.92 Å². The number of rotatable bonds is 3. The Morgan fingerprint density at radius 1 is 1.37 bits per heavy atom. The number of amides is 2. The molecule has 104 valence electrons. The highest BCUT2D eigenvalue weighted by atomic mass is 16.3. The Morgan fingerprint density at radius 2 is 2.16 bits per heavy atom. The molecule has 0 bridgehead atoms. The van der Waals surface area contributed by atoms with E-state index in [4.69, 9.17) is 0 Å². The predicted octanol–water partition coefficient (Wildman–Crippen LogP) is 2.67. The normalized spacial score (nSPS) is 22.8. The number of nitrogens with one attached hydrogen (secondary N) is 2. The lowest BCUT2D eigenvalue weighted by Gasteiger charge is -2.30. The van der Waals surface area contributed by atoms with Crippen LogP contribution in [0.5, 0.6) is 0 Å². The van der Waals surface area contributed by atoms with Crippen molar-refractivity contribution in [1.29, 1.82) is 0 Å². The van der Waals surface area contributed by atoms with Crippen LogP contribution in [-0.4, -0.2) is 23.8 Å². The van der Waals surface area contributed by atoms with Crippen LogP contribution in [0.3, 0.4) is 0 Å². The highest BCUT2D eigenvalue weighted by Gasteiger charge is 2.25. The van der Waals surface area contributed by atoms with Crippen LogP contribution in [0.25, 0.3) is 0 Å². The van der Waals surface area contributed by atoms with E-state index < -0.39 is 0 Å². The first-order valence-corrected chi connectivity index (χ1v) is 6.94. The summed E-state index contributed by atoms with van der Waals surface area (Å²) in [5.41, 5.74) is 1.91. The zero-order valence-electron chi connectivity index (χ0n) is 11.4. The summed E-state index contributed by atoms with van der Waals surface area (Å²) in [5, 5.41) is 15.1. The number of hydrogen-bond donors (Lipinski definition) is 3. The van der Waals surface area contributed by atoms with Gasteiger partial charge in [-0.1, -0.05) is 25.0 Å². The minimum atomic E-state index is -0.184. The Balaban J connectivity index is 1.90. The Labute approximate surface area is 114 Å². The van der Waals surface area contributed by atoms with E-state index >= 15 is 0 Å². The summed E-state index contributed by atoms with van der Waals surface area (Å²) in [7, 11) is 0. The fraction of sp³-hybridized carbons (Fsp3) is 0.533. The maximum absolute atomic E-state index is 11.9. The SMILES string of the molecule is Cc1cccc(NC(=O)NC2CCCCC2CO)c1. The molecule has 1 fully saturated rings. The van der Waals surface area contributed by atoms with Crippen LogP contribution in [0.4, 0.5) is 10.5 Å². The molecular formula is C15H22N2O2. The monoisotopic (exact) mass is 262 g/mol. The van der Waals surface area contributed by atoms with Gasteiger partial charge in [0.25, 0.3) is 0 Å². The number of carbonyl (C=O) groups is 1. The lowest BCUT2D eigenvalue weighted by atomic mass is 9.85. The number of carbonyl (C=O) groups excluding carboxylic acids is 1. The van der Waals surface area contributed by atoms with E-state index in [9.17, 15) is 9.90 Å². The number of aliphatic hydroxyl groups is 1. The van der Waals surface area contributed by atoms with Crippen molar-refractivity contribution >= 4 is 11.7 Å². The second kappa shape index (κ2) is 6.57.